The van der Waals surface area contributed by atoms with E-state index in [0.717, 1.165) is 21.4 Å². The standard InChI is InChI=1S/C23H18BrNO3/c1-14-7-9-17(28-14)10-12-20(26)22-21(15-5-3-2-4-6-15)18-13-16(24)8-11-19(18)25-23(22)27/h2-13,18-19H,1H3,(H,25,27). The van der Waals surface area contributed by atoms with E-state index in [4.69, 9.17) is 4.42 Å². The molecule has 4 nitrogen and oxygen atoms in total. The van der Waals surface area contributed by atoms with E-state index in [-0.39, 0.29) is 29.2 Å². The average molecular weight is 436 g/mol. The first-order valence-electron chi connectivity index (χ1n) is 8.98. The molecule has 5 heteroatoms. The van der Waals surface area contributed by atoms with Gasteiger partial charge in [-0.3, -0.25) is 9.59 Å². The number of halogens is 1. The summed E-state index contributed by atoms with van der Waals surface area (Å²) in [5, 5.41) is 2.94. The lowest BCUT2D eigenvalue weighted by Crippen LogP contribution is -2.46. The van der Waals surface area contributed by atoms with Crippen molar-refractivity contribution in [2.24, 2.45) is 5.92 Å². The molecule has 0 saturated heterocycles. The second-order valence-corrected chi connectivity index (χ2v) is 7.65. The van der Waals surface area contributed by atoms with Crippen LogP contribution >= 0.6 is 15.9 Å². The predicted octanol–water partition coefficient (Wildman–Crippen LogP) is 4.59. The molecule has 2 unspecified atom stereocenters. The summed E-state index contributed by atoms with van der Waals surface area (Å²) >= 11 is 3.51. The number of rotatable bonds is 4. The average Bonchev–Trinajstić information content (AvgIpc) is 3.11. The SMILES string of the molecule is Cc1ccc(C=CC(=O)C2=C(c3ccccc3)C3C=C(Br)C=CC3NC2=O)o1. The third-order valence-corrected chi connectivity index (χ3v) is 5.34. The topological polar surface area (TPSA) is 59.3 Å². The molecule has 140 valence electrons. The first-order chi connectivity index (χ1) is 13.5. The molecule has 2 aromatic rings. The Balaban J connectivity index is 1.81. The zero-order chi connectivity index (χ0) is 19.7. The van der Waals surface area contributed by atoms with Gasteiger partial charge < -0.3 is 9.73 Å². The van der Waals surface area contributed by atoms with Crippen LogP contribution in [0, 0.1) is 12.8 Å². The number of carbonyl (C=O) groups is 2. The molecular formula is C23H18BrNO3. The van der Waals surface area contributed by atoms with Gasteiger partial charge in [-0.05, 0) is 42.3 Å². The lowest BCUT2D eigenvalue weighted by Gasteiger charge is -2.34. The Hall–Kier alpha value is -2.92. The van der Waals surface area contributed by atoms with E-state index < -0.39 is 0 Å². The Morgan fingerprint density at radius 1 is 1.18 bits per heavy atom. The van der Waals surface area contributed by atoms with Crippen LogP contribution in [0.2, 0.25) is 0 Å². The first kappa shape index (κ1) is 18.4. The second-order valence-electron chi connectivity index (χ2n) is 6.74. The molecule has 1 amide bonds. The number of furan rings is 1. The fraction of sp³-hybridized carbons (Fsp3) is 0.130. The number of amides is 1. The van der Waals surface area contributed by atoms with Gasteiger partial charge in [-0.1, -0.05) is 64.5 Å². The molecule has 0 fully saturated rings. The third kappa shape index (κ3) is 3.58. The zero-order valence-corrected chi connectivity index (χ0v) is 16.8. The maximum Gasteiger partial charge on any atom is 0.256 e. The van der Waals surface area contributed by atoms with E-state index in [2.05, 4.69) is 21.2 Å². The number of nitrogens with one attached hydrogen (secondary N) is 1. The van der Waals surface area contributed by atoms with E-state index in [0.29, 0.717) is 5.76 Å². The van der Waals surface area contributed by atoms with E-state index in [9.17, 15) is 9.59 Å². The van der Waals surface area contributed by atoms with Crippen LogP contribution in [-0.4, -0.2) is 17.7 Å². The fourth-order valence-electron chi connectivity index (χ4n) is 3.54. The van der Waals surface area contributed by atoms with Crippen LogP contribution in [0.4, 0.5) is 0 Å². The molecule has 1 aliphatic heterocycles. The molecule has 0 radical (unpaired) electrons. The summed E-state index contributed by atoms with van der Waals surface area (Å²) in [6.07, 6.45) is 8.87. The highest BCUT2D eigenvalue weighted by molar-refractivity contribution is 9.11. The quantitative estimate of drug-likeness (QED) is 0.564. The van der Waals surface area contributed by atoms with E-state index in [1.54, 1.807) is 12.1 Å². The maximum absolute atomic E-state index is 13.0. The molecule has 2 aliphatic rings. The van der Waals surface area contributed by atoms with E-state index >= 15 is 0 Å². The Morgan fingerprint density at radius 3 is 2.68 bits per heavy atom. The van der Waals surface area contributed by atoms with Gasteiger partial charge in [0.2, 0.25) is 0 Å². The highest BCUT2D eigenvalue weighted by Gasteiger charge is 2.37. The number of hydrogen-bond donors (Lipinski definition) is 1. The van der Waals surface area contributed by atoms with Crippen LogP contribution in [0.5, 0.6) is 0 Å². The summed E-state index contributed by atoms with van der Waals surface area (Å²) in [5.74, 6) is 0.505. The Kier molecular flexibility index (Phi) is 5.01. The van der Waals surface area contributed by atoms with Gasteiger partial charge in [0.05, 0.1) is 11.6 Å². The number of aryl methyl sites for hydroxylation is 1. The summed E-state index contributed by atoms with van der Waals surface area (Å²) in [6.45, 7) is 1.84. The van der Waals surface area contributed by atoms with Crippen molar-refractivity contribution in [2.75, 3.05) is 0 Å². The smallest absolute Gasteiger partial charge is 0.256 e. The van der Waals surface area contributed by atoms with Gasteiger partial charge in [-0.15, -0.1) is 0 Å². The lowest BCUT2D eigenvalue weighted by atomic mass is 9.77. The van der Waals surface area contributed by atoms with Crippen molar-refractivity contribution in [1.82, 2.24) is 5.32 Å². The largest absolute Gasteiger partial charge is 0.462 e. The highest BCUT2D eigenvalue weighted by Crippen LogP contribution is 2.38. The zero-order valence-electron chi connectivity index (χ0n) is 15.2. The summed E-state index contributed by atoms with van der Waals surface area (Å²) in [7, 11) is 0. The summed E-state index contributed by atoms with van der Waals surface area (Å²) < 4.78 is 6.40. The van der Waals surface area contributed by atoms with Gasteiger partial charge in [0.15, 0.2) is 5.78 Å². The van der Waals surface area contributed by atoms with Gasteiger partial charge >= 0.3 is 0 Å². The maximum atomic E-state index is 13.0. The van der Waals surface area contributed by atoms with Crippen molar-refractivity contribution in [3.05, 3.63) is 93.9 Å². The minimum absolute atomic E-state index is 0.127. The predicted molar refractivity (Wildman–Crippen MR) is 112 cm³/mol. The number of ketones is 1. The number of hydrogen-bond acceptors (Lipinski definition) is 3. The van der Waals surface area contributed by atoms with Crippen LogP contribution in [-0.2, 0) is 9.59 Å². The van der Waals surface area contributed by atoms with Gasteiger partial charge in [0.25, 0.3) is 5.91 Å². The minimum atomic E-state index is -0.360. The molecule has 2 heterocycles. The molecular weight excluding hydrogens is 418 g/mol. The Morgan fingerprint density at radius 2 is 1.96 bits per heavy atom. The lowest BCUT2D eigenvalue weighted by molar-refractivity contribution is -0.121. The van der Waals surface area contributed by atoms with Crippen molar-refractivity contribution in [3.63, 3.8) is 0 Å². The van der Waals surface area contributed by atoms with Gasteiger partial charge in [0, 0.05) is 10.4 Å². The third-order valence-electron chi connectivity index (χ3n) is 4.81. The van der Waals surface area contributed by atoms with Crippen molar-refractivity contribution >= 4 is 39.3 Å². The van der Waals surface area contributed by atoms with Crippen LogP contribution in [0.15, 0.2) is 81.2 Å². The van der Waals surface area contributed by atoms with Crippen LogP contribution in [0.1, 0.15) is 17.1 Å². The Bertz CT molecular complexity index is 1060. The number of benzene rings is 1. The van der Waals surface area contributed by atoms with Gasteiger partial charge in [-0.25, -0.2) is 0 Å². The van der Waals surface area contributed by atoms with Crippen molar-refractivity contribution in [2.45, 2.75) is 13.0 Å². The molecule has 2 atom stereocenters. The molecule has 28 heavy (non-hydrogen) atoms. The molecule has 1 aromatic carbocycles. The van der Waals surface area contributed by atoms with Gasteiger partial charge in [-0.2, -0.15) is 0 Å². The molecule has 0 spiro atoms. The molecule has 1 aromatic heterocycles. The highest BCUT2D eigenvalue weighted by atomic mass is 79.9. The van der Waals surface area contributed by atoms with Crippen molar-refractivity contribution in [3.8, 4) is 0 Å². The van der Waals surface area contributed by atoms with E-state index in [1.807, 2.05) is 61.5 Å². The molecule has 1 N–H and O–H groups in total. The van der Waals surface area contributed by atoms with Crippen molar-refractivity contribution in [1.29, 1.82) is 0 Å². The number of carbonyl (C=O) groups excluding carboxylic acids is 2. The summed E-state index contributed by atoms with van der Waals surface area (Å²) in [6, 6.07) is 13.0. The molecule has 1 aliphatic carbocycles. The monoisotopic (exact) mass is 435 g/mol. The van der Waals surface area contributed by atoms with Crippen LogP contribution in [0.25, 0.3) is 11.6 Å². The van der Waals surface area contributed by atoms with Gasteiger partial charge in [0.1, 0.15) is 11.5 Å². The normalized spacial score (nSPS) is 21.5. The molecule has 4 rings (SSSR count). The Labute approximate surface area is 171 Å². The first-order valence-corrected chi connectivity index (χ1v) is 9.77. The van der Waals surface area contributed by atoms with E-state index in [1.165, 1.54) is 6.08 Å². The number of allylic oxidation sites excluding steroid dienone is 3. The van der Waals surface area contributed by atoms with Crippen molar-refractivity contribution < 1.29 is 14.0 Å². The minimum Gasteiger partial charge on any atom is -0.462 e. The molecule has 0 bridgehead atoms. The van der Waals surface area contributed by atoms with Crippen LogP contribution < -0.4 is 5.32 Å². The second kappa shape index (κ2) is 7.60. The summed E-state index contributed by atoms with van der Waals surface area (Å²) in [4.78, 5) is 25.9. The molecule has 0 saturated carbocycles. The summed E-state index contributed by atoms with van der Waals surface area (Å²) in [5.41, 5.74) is 1.77. The van der Waals surface area contributed by atoms with Crippen LogP contribution in [0.3, 0.4) is 0 Å². The number of fused-ring (bicyclic) bond motifs is 1. The fourth-order valence-corrected chi connectivity index (χ4v) is 3.98.